The van der Waals surface area contributed by atoms with Crippen molar-refractivity contribution < 1.29 is 19.1 Å². The zero-order valence-electron chi connectivity index (χ0n) is 26.8. The van der Waals surface area contributed by atoms with Crippen LogP contribution in [0.15, 0.2) is 72.9 Å². The van der Waals surface area contributed by atoms with Crippen LogP contribution in [0.5, 0.6) is 11.5 Å². The highest BCUT2D eigenvalue weighted by Crippen LogP contribution is 2.31. The van der Waals surface area contributed by atoms with Crippen LogP contribution in [-0.2, 0) is 11.3 Å². The Morgan fingerprint density at radius 3 is 2.42 bits per heavy atom. The van der Waals surface area contributed by atoms with Crippen molar-refractivity contribution in [2.45, 2.75) is 32.4 Å². The lowest BCUT2D eigenvalue weighted by Gasteiger charge is -2.37. The van der Waals surface area contributed by atoms with Gasteiger partial charge in [-0.1, -0.05) is 31.2 Å². The Morgan fingerprint density at radius 2 is 1.73 bits per heavy atom. The van der Waals surface area contributed by atoms with Crippen LogP contribution in [0.3, 0.4) is 0 Å². The number of benzene rings is 3. The Hall–Kier alpha value is -4.70. The molecule has 5 rings (SSSR count). The van der Waals surface area contributed by atoms with Gasteiger partial charge in [-0.3, -0.25) is 4.79 Å². The zero-order chi connectivity index (χ0) is 31.9. The van der Waals surface area contributed by atoms with Crippen molar-refractivity contribution in [1.82, 2.24) is 20.1 Å². The van der Waals surface area contributed by atoms with E-state index in [-0.39, 0.29) is 17.9 Å². The Bertz CT molecular complexity index is 1590. The van der Waals surface area contributed by atoms with Crippen molar-refractivity contribution in [3.63, 3.8) is 0 Å². The number of ether oxygens (including phenoxy) is 2. The van der Waals surface area contributed by atoms with Crippen LogP contribution < -0.4 is 25.0 Å². The molecule has 238 valence electrons. The van der Waals surface area contributed by atoms with Gasteiger partial charge in [-0.2, -0.15) is 0 Å². The second-order valence-corrected chi connectivity index (χ2v) is 11.7. The minimum atomic E-state index is -0.844. The second-order valence-electron chi connectivity index (χ2n) is 11.7. The molecular weight excluding hydrogens is 568 g/mol. The number of urea groups is 1. The molecule has 0 radical (unpaired) electrons. The quantitative estimate of drug-likeness (QED) is 0.213. The summed E-state index contributed by atoms with van der Waals surface area (Å²) in [4.78, 5) is 37.3. The number of aromatic nitrogens is 1. The van der Waals surface area contributed by atoms with Gasteiger partial charge in [0, 0.05) is 61.4 Å². The summed E-state index contributed by atoms with van der Waals surface area (Å²) in [5, 5.41) is 7.23. The van der Waals surface area contributed by atoms with Crippen LogP contribution in [0.4, 0.5) is 16.2 Å². The van der Waals surface area contributed by atoms with E-state index in [9.17, 15) is 9.59 Å². The molecule has 1 aliphatic rings. The Labute approximate surface area is 265 Å². The number of carbonyl (C=O) groups is 2. The molecule has 0 bridgehead atoms. The fraction of sp³-hybridized carbons (Fsp3) is 0.371. The maximum atomic E-state index is 14.1. The minimum Gasteiger partial charge on any atom is -0.497 e. The van der Waals surface area contributed by atoms with E-state index in [1.165, 1.54) is 0 Å². The number of amides is 3. The number of methoxy groups -OCH3 is 1. The lowest BCUT2D eigenvalue weighted by atomic mass is 9.92. The van der Waals surface area contributed by atoms with Crippen LogP contribution in [0, 0.1) is 0 Å². The highest BCUT2D eigenvalue weighted by molar-refractivity contribution is 5.99. The number of H-pyrrole nitrogens is 1. The summed E-state index contributed by atoms with van der Waals surface area (Å²) in [7, 11) is 5.65. The molecule has 2 heterocycles. The fourth-order valence-corrected chi connectivity index (χ4v) is 5.88. The molecule has 1 fully saturated rings. The maximum Gasteiger partial charge on any atom is 0.318 e. The normalized spacial score (nSPS) is 14.7. The van der Waals surface area contributed by atoms with Gasteiger partial charge in [-0.05, 0) is 74.6 Å². The van der Waals surface area contributed by atoms with E-state index in [4.69, 9.17) is 9.47 Å². The van der Waals surface area contributed by atoms with E-state index < -0.39 is 6.04 Å². The molecule has 3 amide bonds. The molecule has 0 saturated carbocycles. The van der Waals surface area contributed by atoms with Gasteiger partial charge in [0.2, 0.25) is 5.91 Å². The summed E-state index contributed by atoms with van der Waals surface area (Å²) in [5.74, 6) is 0.767. The molecule has 3 aromatic carbocycles. The molecule has 3 N–H and O–H groups in total. The topological polar surface area (TPSA) is 102 Å². The molecule has 4 aromatic rings. The highest BCUT2D eigenvalue weighted by Gasteiger charge is 2.32. The smallest absolute Gasteiger partial charge is 0.318 e. The highest BCUT2D eigenvalue weighted by atomic mass is 16.5. The van der Waals surface area contributed by atoms with Crippen molar-refractivity contribution in [3.05, 3.63) is 84.1 Å². The number of nitrogens with zero attached hydrogens (tertiary/aromatic N) is 3. The van der Waals surface area contributed by atoms with E-state index in [1.807, 2.05) is 101 Å². The molecule has 2 atom stereocenters. The molecule has 10 nitrogen and oxygen atoms in total. The average Bonchev–Trinajstić information content (AvgIpc) is 3.48. The van der Waals surface area contributed by atoms with Gasteiger partial charge in [0.05, 0.1) is 19.4 Å². The van der Waals surface area contributed by atoms with Gasteiger partial charge < -0.3 is 39.8 Å². The molecule has 1 saturated heterocycles. The molecule has 1 aliphatic heterocycles. The first-order valence-electron chi connectivity index (χ1n) is 15.5. The van der Waals surface area contributed by atoms with Crippen LogP contribution in [0.2, 0.25) is 0 Å². The van der Waals surface area contributed by atoms with E-state index >= 15 is 0 Å². The van der Waals surface area contributed by atoms with E-state index in [1.54, 1.807) is 12.0 Å². The number of fused-ring (bicyclic) bond motifs is 1. The summed E-state index contributed by atoms with van der Waals surface area (Å²) >= 11 is 0. The summed E-state index contributed by atoms with van der Waals surface area (Å²) in [6.45, 7) is 7.51. The van der Waals surface area contributed by atoms with Gasteiger partial charge >= 0.3 is 6.03 Å². The fourth-order valence-electron chi connectivity index (χ4n) is 5.88. The number of carbonyl (C=O) groups excluding carboxylic acids is 2. The number of rotatable bonds is 11. The second kappa shape index (κ2) is 14.4. The van der Waals surface area contributed by atoms with Gasteiger partial charge in [-0.25, -0.2) is 4.79 Å². The number of piperazine rings is 1. The van der Waals surface area contributed by atoms with Gasteiger partial charge in [0.1, 0.15) is 17.5 Å². The average molecular weight is 613 g/mol. The minimum absolute atomic E-state index is 0.261. The molecule has 45 heavy (non-hydrogen) atoms. The van der Waals surface area contributed by atoms with Crippen molar-refractivity contribution in [3.8, 4) is 11.5 Å². The molecule has 0 unspecified atom stereocenters. The van der Waals surface area contributed by atoms with Crippen LogP contribution in [0.25, 0.3) is 10.9 Å². The Morgan fingerprint density at radius 1 is 1.00 bits per heavy atom. The van der Waals surface area contributed by atoms with Crippen molar-refractivity contribution in [2.24, 2.45) is 0 Å². The Balaban J connectivity index is 1.36. The number of para-hydroxylation sites is 1. The van der Waals surface area contributed by atoms with Gasteiger partial charge in [0.25, 0.3) is 0 Å². The third kappa shape index (κ3) is 7.51. The first kappa shape index (κ1) is 31.7. The number of aromatic amines is 1. The monoisotopic (exact) mass is 612 g/mol. The Kier molecular flexibility index (Phi) is 10.1. The lowest BCUT2D eigenvalue weighted by Crippen LogP contribution is -2.56. The SMILES string of the molecule is CCOc1ccc(CN(C)C)cc1NC(=O)[C@H](NC(=O)N1CCN(c2ccc(OC)cc2)CC1)[C@H](C)c1c[nH]c2ccccc12. The summed E-state index contributed by atoms with van der Waals surface area (Å²) in [6, 6.07) is 20.7. The van der Waals surface area contributed by atoms with Crippen LogP contribution in [0.1, 0.15) is 30.9 Å². The third-order valence-corrected chi connectivity index (χ3v) is 8.28. The van der Waals surface area contributed by atoms with Gasteiger partial charge in [0.15, 0.2) is 0 Å². The van der Waals surface area contributed by atoms with E-state index in [0.717, 1.165) is 33.5 Å². The number of anilines is 2. The first-order chi connectivity index (χ1) is 21.8. The van der Waals surface area contributed by atoms with Crippen LogP contribution >= 0.6 is 0 Å². The van der Waals surface area contributed by atoms with Crippen molar-refractivity contribution in [1.29, 1.82) is 0 Å². The number of hydrogen-bond acceptors (Lipinski definition) is 6. The molecule has 0 spiro atoms. The maximum absolute atomic E-state index is 14.1. The van der Waals surface area contributed by atoms with Crippen molar-refractivity contribution in [2.75, 3.05) is 64.2 Å². The first-order valence-corrected chi connectivity index (χ1v) is 15.5. The summed E-state index contributed by atoms with van der Waals surface area (Å²) in [5.41, 5.74) is 4.65. The number of nitrogens with one attached hydrogen (secondary N) is 3. The summed E-state index contributed by atoms with van der Waals surface area (Å²) in [6.07, 6.45) is 1.93. The zero-order valence-corrected chi connectivity index (χ0v) is 26.8. The molecular formula is C35H44N6O4. The van der Waals surface area contributed by atoms with Gasteiger partial charge in [-0.15, -0.1) is 0 Å². The largest absolute Gasteiger partial charge is 0.497 e. The predicted molar refractivity (Wildman–Crippen MR) is 179 cm³/mol. The van der Waals surface area contributed by atoms with E-state index in [2.05, 4.69) is 25.4 Å². The number of hydrogen-bond donors (Lipinski definition) is 3. The predicted octanol–water partition coefficient (Wildman–Crippen LogP) is 5.28. The molecule has 10 heteroatoms. The third-order valence-electron chi connectivity index (χ3n) is 8.28. The molecule has 1 aromatic heterocycles. The van der Waals surface area contributed by atoms with E-state index in [0.29, 0.717) is 50.8 Å². The lowest BCUT2D eigenvalue weighted by molar-refractivity contribution is -0.118. The standard InChI is InChI=1S/C35H44N6O4/c1-6-45-32-16-11-25(23-39(3)4)21-31(32)37-34(42)33(24(2)29-22-36-30-10-8-7-9-28(29)30)38-35(43)41-19-17-40(18-20-41)26-12-14-27(44-5)15-13-26/h7-16,21-22,24,33,36H,6,17-20,23H2,1-5H3,(H,37,42)(H,38,43)/t24-,33-/m1/s1. The van der Waals surface area contributed by atoms with Crippen molar-refractivity contribution >= 4 is 34.2 Å². The van der Waals surface area contributed by atoms with Crippen LogP contribution in [-0.4, -0.2) is 86.8 Å². The summed E-state index contributed by atoms with van der Waals surface area (Å²) < 4.78 is 11.1. The molecule has 0 aliphatic carbocycles.